The molecular weight excluding hydrogens is 300 g/mol. The van der Waals surface area contributed by atoms with Crippen molar-refractivity contribution in [1.82, 2.24) is 5.32 Å². The zero-order valence-corrected chi connectivity index (χ0v) is 13.8. The molecule has 0 aromatic heterocycles. The van der Waals surface area contributed by atoms with Crippen LogP contribution < -0.4 is 10.6 Å². The maximum atomic E-state index is 12.2. The van der Waals surface area contributed by atoms with Gasteiger partial charge in [-0.15, -0.1) is 0 Å². The van der Waals surface area contributed by atoms with Gasteiger partial charge in [0.2, 0.25) is 11.8 Å². The first-order chi connectivity index (χ1) is 11.6. The Kier molecular flexibility index (Phi) is 4.94. The topological polar surface area (TPSA) is 58.2 Å². The molecule has 0 bridgehead atoms. The number of nitrogens with one attached hydrogen (secondary N) is 2. The maximum Gasteiger partial charge on any atom is 0.228 e. The van der Waals surface area contributed by atoms with Gasteiger partial charge in [-0.2, -0.15) is 0 Å². The zero-order chi connectivity index (χ0) is 16.9. The fourth-order valence-corrected chi connectivity index (χ4v) is 2.84. The molecule has 2 amide bonds. The predicted molar refractivity (Wildman–Crippen MR) is 94.6 cm³/mol. The molecule has 2 atom stereocenters. The standard InChI is InChI=1S/C20H22N2O2/c1-14-6-5-9-16(12-14)22-20(24)18-13-17(18)19(23)21-11-10-15-7-3-2-4-8-15/h2-9,12,17-18H,10-11,13H2,1H3,(H,21,23)(H,22,24). The number of anilines is 1. The highest BCUT2D eigenvalue weighted by molar-refractivity contribution is 5.99. The van der Waals surface area contributed by atoms with Crippen molar-refractivity contribution < 1.29 is 9.59 Å². The first kappa shape index (κ1) is 16.2. The zero-order valence-electron chi connectivity index (χ0n) is 13.8. The molecular formula is C20H22N2O2. The second kappa shape index (κ2) is 7.30. The van der Waals surface area contributed by atoms with Crippen LogP contribution in [0.25, 0.3) is 0 Å². The van der Waals surface area contributed by atoms with Crippen molar-refractivity contribution in [3.63, 3.8) is 0 Å². The molecule has 124 valence electrons. The highest BCUT2D eigenvalue weighted by atomic mass is 16.2. The van der Waals surface area contributed by atoms with Gasteiger partial charge >= 0.3 is 0 Å². The quantitative estimate of drug-likeness (QED) is 0.859. The number of amides is 2. The van der Waals surface area contributed by atoms with Crippen LogP contribution in [0.4, 0.5) is 5.69 Å². The van der Waals surface area contributed by atoms with E-state index in [0.717, 1.165) is 17.7 Å². The van der Waals surface area contributed by atoms with E-state index in [1.165, 1.54) is 5.56 Å². The number of carbonyl (C=O) groups is 2. The van der Waals surface area contributed by atoms with Crippen molar-refractivity contribution >= 4 is 17.5 Å². The number of carbonyl (C=O) groups excluding carboxylic acids is 2. The summed E-state index contributed by atoms with van der Waals surface area (Å²) in [6.45, 7) is 2.58. The summed E-state index contributed by atoms with van der Waals surface area (Å²) in [6, 6.07) is 17.7. The first-order valence-corrected chi connectivity index (χ1v) is 8.32. The second-order valence-corrected chi connectivity index (χ2v) is 6.33. The fraction of sp³-hybridized carbons (Fsp3) is 0.300. The molecule has 0 radical (unpaired) electrons. The lowest BCUT2D eigenvalue weighted by Crippen LogP contribution is -2.29. The molecule has 2 unspecified atom stereocenters. The molecule has 2 aromatic carbocycles. The summed E-state index contributed by atoms with van der Waals surface area (Å²) < 4.78 is 0. The number of hydrogen-bond acceptors (Lipinski definition) is 2. The van der Waals surface area contributed by atoms with Crippen molar-refractivity contribution in [3.8, 4) is 0 Å². The molecule has 4 heteroatoms. The van der Waals surface area contributed by atoms with Crippen molar-refractivity contribution in [2.75, 3.05) is 11.9 Å². The monoisotopic (exact) mass is 322 g/mol. The number of aryl methyl sites for hydroxylation is 1. The Labute approximate surface area is 142 Å². The van der Waals surface area contributed by atoms with Crippen molar-refractivity contribution in [1.29, 1.82) is 0 Å². The van der Waals surface area contributed by atoms with E-state index in [1.54, 1.807) is 0 Å². The van der Waals surface area contributed by atoms with E-state index >= 15 is 0 Å². The Morgan fingerprint density at radius 3 is 2.50 bits per heavy atom. The van der Waals surface area contributed by atoms with Gasteiger partial charge in [0.25, 0.3) is 0 Å². The lowest BCUT2D eigenvalue weighted by Gasteiger charge is -2.07. The molecule has 0 aliphatic heterocycles. The number of benzene rings is 2. The summed E-state index contributed by atoms with van der Waals surface area (Å²) in [6.07, 6.45) is 1.44. The minimum atomic E-state index is -0.206. The Hall–Kier alpha value is -2.62. The highest BCUT2D eigenvalue weighted by Crippen LogP contribution is 2.39. The van der Waals surface area contributed by atoms with Gasteiger partial charge in [0, 0.05) is 12.2 Å². The van der Waals surface area contributed by atoms with Gasteiger partial charge in [0.05, 0.1) is 11.8 Å². The lowest BCUT2D eigenvalue weighted by atomic mass is 10.1. The van der Waals surface area contributed by atoms with Crippen molar-refractivity contribution in [2.24, 2.45) is 11.8 Å². The van der Waals surface area contributed by atoms with Crippen molar-refractivity contribution in [3.05, 3.63) is 65.7 Å². The Morgan fingerprint density at radius 2 is 1.75 bits per heavy atom. The van der Waals surface area contributed by atoms with E-state index in [0.29, 0.717) is 13.0 Å². The summed E-state index contributed by atoms with van der Waals surface area (Å²) in [4.78, 5) is 24.3. The highest BCUT2D eigenvalue weighted by Gasteiger charge is 2.47. The molecule has 0 saturated heterocycles. The van der Waals surface area contributed by atoms with Gasteiger partial charge in [0.15, 0.2) is 0 Å². The van der Waals surface area contributed by atoms with E-state index in [1.807, 2.05) is 61.5 Å². The summed E-state index contributed by atoms with van der Waals surface area (Å²) in [7, 11) is 0. The van der Waals surface area contributed by atoms with Gasteiger partial charge in [-0.3, -0.25) is 9.59 Å². The Balaban J connectivity index is 1.42. The molecule has 3 rings (SSSR count). The molecule has 4 nitrogen and oxygen atoms in total. The molecule has 1 aliphatic rings. The minimum Gasteiger partial charge on any atom is -0.356 e. The smallest absolute Gasteiger partial charge is 0.228 e. The van der Waals surface area contributed by atoms with E-state index in [4.69, 9.17) is 0 Å². The number of rotatable bonds is 6. The largest absolute Gasteiger partial charge is 0.356 e. The van der Waals surface area contributed by atoms with Crippen LogP contribution in [0, 0.1) is 18.8 Å². The van der Waals surface area contributed by atoms with Gasteiger partial charge in [-0.1, -0.05) is 42.5 Å². The minimum absolute atomic E-state index is 0.0182. The lowest BCUT2D eigenvalue weighted by molar-refractivity contribution is -0.125. The van der Waals surface area contributed by atoms with Crippen LogP contribution in [0.1, 0.15) is 17.5 Å². The van der Waals surface area contributed by atoms with E-state index in [9.17, 15) is 9.59 Å². The molecule has 0 heterocycles. The summed E-state index contributed by atoms with van der Waals surface area (Å²) in [5.41, 5.74) is 3.08. The third kappa shape index (κ3) is 4.22. The summed E-state index contributed by atoms with van der Waals surface area (Å²) in [5, 5.41) is 5.82. The Morgan fingerprint density at radius 1 is 1.00 bits per heavy atom. The van der Waals surface area contributed by atoms with Crippen LogP contribution in [0.2, 0.25) is 0 Å². The number of hydrogen-bond donors (Lipinski definition) is 2. The average Bonchev–Trinajstić information content (AvgIpc) is 3.37. The van der Waals surface area contributed by atoms with Crippen LogP contribution in [0.3, 0.4) is 0 Å². The SMILES string of the molecule is Cc1cccc(NC(=O)C2CC2C(=O)NCCc2ccccc2)c1. The van der Waals surface area contributed by atoms with Gasteiger partial charge in [-0.25, -0.2) is 0 Å². The normalized spacial score (nSPS) is 18.7. The Bertz CT molecular complexity index is 727. The van der Waals surface area contributed by atoms with E-state index in [2.05, 4.69) is 10.6 Å². The van der Waals surface area contributed by atoms with Gasteiger partial charge in [0.1, 0.15) is 0 Å². The van der Waals surface area contributed by atoms with Crippen LogP contribution in [0.15, 0.2) is 54.6 Å². The third-order valence-electron chi connectivity index (χ3n) is 4.31. The molecule has 1 saturated carbocycles. The molecule has 24 heavy (non-hydrogen) atoms. The fourth-order valence-electron chi connectivity index (χ4n) is 2.84. The summed E-state index contributed by atoms with van der Waals surface area (Å²) in [5.74, 6) is -0.480. The van der Waals surface area contributed by atoms with Crippen LogP contribution in [-0.4, -0.2) is 18.4 Å². The van der Waals surface area contributed by atoms with Crippen LogP contribution >= 0.6 is 0 Å². The maximum absolute atomic E-state index is 12.2. The van der Waals surface area contributed by atoms with Gasteiger partial charge < -0.3 is 10.6 Å². The van der Waals surface area contributed by atoms with Crippen LogP contribution in [-0.2, 0) is 16.0 Å². The molecule has 1 fully saturated rings. The predicted octanol–water partition coefficient (Wildman–Crippen LogP) is 2.93. The molecule has 1 aliphatic carbocycles. The molecule has 2 aromatic rings. The average molecular weight is 322 g/mol. The summed E-state index contributed by atoms with van der Waals surface area (Å²) >= 11 is 0. The second-order valence-electron chi connectivity index (χ2n) is 6.33. The van der Waals surface area contributed by atoms with Gasteiger partial charge in [-0.05, 0) is 43.0 Å². The van der Waals surface area contributed by atoms with E-state index < -0.39 is 0 Å². The molecule has 0 spiro atoms. The van der Waals surface area contributed by atoms with E-state index in [-0.39, 0.29) is 23.7 Å². The van der Waals surface area contributed by atoms with Crippen LogP contribution in [0.5, 0.6) is 0 Å². The third-order valence-corrected chi connectivity index (χ3v) is 4.31. The first-order valence-electron chi connectivity index (χ1n) is 8.32. The van der Waals surface area contributed by atoms with Crippen molar-refractivity contribution in [2.45, 2.75) is 19.8 Å². The molecule has 2 N–H and O–H groups in total.